The summed E-state index contributed by atoms with van der Waals surface area (Å²) in [6, 6.07) is 29.5. The van der Waals surface area contributed by atoms with Crippen LogP contribution in [0.25, 0.3) is 0 Å². The van der Waals surface area contributed by atoms with Gasteiger partial charge in [0.25, 0.3) is 0 Å². The number of ether oxygens (including phenoxy) is 1. The first-order valence-electron chi connectivity index (χ1n) is 9.27. The highest BCUT2D eigenvalue weighted by Gasteiger charge is 2.40. The van der Waals surface area contributed by atoms with Crippen LogP contribution in [0.15, 0.2) is 91.0 Å². The molecular formula is C24H24NO3+. The van der Waals surface area contributed by atoms with Gasteiger partial charge >= 0.3 is 11.9 Å². The summed E-state index contributed by atoms with van der Waals surface area (Å²) >= 11 is 0. The molecule has 0 aliphatic rings. The number of benzene rings is 3. The van der Waals surface area contributed by atoms with E-state index < -0.39 is 5.97 Å². The minimum Gasteiger partial charge on any atom is -0.451 e. The summed E-state index contributed by atoms with van der Waals surface area (Å²) in [5.74, 6) is -0.618. The Kier molecular flexibility index (Phi) is 6.35. The number of rotatable bonds is 7. The molecule has 3 aromatic carbocycles. The van der Waals surface area contributed by atoms with Crippen LogP contribution < -0.4 is 4.48 Å². The van der Waals surface area contributed by atoms with Crippen molar-refractivity contribution in [3.05, 3.63) is 102 Å². The van der Waals surface area contributed by atoms with Crippen LogP contribution in [-0.2, 0) is 27.4 Å². The van der Waals surface area contributed by atoms with Gasteiger partial charge in [-0.2, -0.15) is 0 Å². The van der Waals surface area contributed by atoms with E-state index in [0.29, 0.717) is 13.1 Å². The van der Waals surface area contributed by atoms with Gasteiger partial charge in [0.1, 0.15) is 18.8 Å². The van der Waals surface area contributed by atoms with E-state index in [9.17, 15) is 9.59 Å². The summed E-state index contributed by atoms with van der Waals surface area (Å²) in [6.07, 6.45) is 0. The Morgan fingerprint density at radius 1 is 0.714 bits per heavy atom. The fourth-order valence-corrected chi connectivity index (χ4v) is 3.35. The molecule has 0 aliphatic heterocycles. The summed E-state index contributed by atoms with van der Waals surface area (Å²) in [5.41, 5.74) is 2.95. The van der Waals surface area contributed by atoms with Crippen molar-refractivity contribution in [1.29, 1.82) is 0 Å². The third-order valence-electron chi connectivity index (χ3n) is 4.72. The second-order valence-electron chi connectivity index (χ2n) is 6.76. The number of carbonyl (C=O) groups excluding carboxylic acids is 2. The number of amides is 1. The minimum absolute atomic E-state index is 0.0438. The highest BCUT2D eigenvalue weighted by atomic mass is 16.5. The fraction of sp³-hybridized carbons (Fsp3) is 0.167. The average Bonchev–Trinajstić information content (AvgIpc) is 2.73. The number of para-hydroxylation sites is 1. The third-order valence-corrected chi connectivity index (χ3v) is 4.72. The van der Waals surface area contributed by atoms with Crippen molar-refractivity contribution in [2.75, 3.05) is 6.61 Å². The van der Waals surface area contributed by atoms with Gasteiger partial charge in [-0.25, -0.2) is 9.28 Å². The lowest BCUT2D eigenvalue weighted by atomic mass is 10.1. The molecule has 0 saturated carbocycles. The molecule has 4 heteroatoms. The van der Waals surface area contributed by atoms with Crippen molar-refractivity contribution in [3.63, 3.8) is 0 Å². The van der Waals surface area contributed by atoms with Gasteiger partial charge < -0.3 is 4.74 Å². The maximum absolute atomic E-state index is 13.5. The summed E-state index contributed by atoms with van der Waals surface area (Å²) in [5, 5.41) is 0. The molecular weight excluding hydrogens is 350 g/mol. The number of quaternary nitrogens is 1. The minimum atomic E-state index is -0.459. The first-order valence-corrected chi connectivity index (χ1v) is 9.27. The maximum atomic E-state index is 13.5. The average molecular weight is 374 g/mol. The number of esters is 1. The van der Waals surface area contributed by atoms with E-state index in [1.807, 2.05) is 91.0 Å². The number of carbonyl (C=O) groups is 2. The lowest BCUT2D eigenvalue weighted by molar-refractivity contribution is -0.150. The number of nitrogens with zero attached hydrogens (tertiary/aromatic N) is 1. The van der Waals surface area contributed by atoms with E-state index >= 15 is 0 Å². The van der Waals surface area contributed by atoms with Gasteiger partial charge in [0.2, 0.25) is 6.61 Å². The molecule has 0 aliphatic carbocycles. The molecule has 0 aromatic heterocycles. The Balaban J connectivity index is 2.09. The molecule has 0 atom stereocenters. The van der Waals surface area contributed by atoms with Crippen molar-refractivity contribution >= 4 is 17.6 Å². The topological polar surface area (TPSA) is 43.4 Å². The first-order chi connectivity index (χ1) is 13.6. The van der Waals surface area contributed by atoms with Gasteiger partial charge in [-0.3, -0.25) is 4.79 Å². The van der Waals surface area contributed by atoms with Crippen LogP contribution in [0, 0.1) is 0 Å². The monoisotopic (exact) mass is 374 g/mol. The van der Waals surface area contributed by atoms with Gasteiger partial charge in [-0.05, 0) is 12.1 Å². The van der Waals surface area contributed by atoms with Crippen LogP contribution in [0.5, 0.6) is 0 Å². The largest absolute Gasteiger partial charge is 0.451 e. The Bertz CT molecular complexity index is 867. The van der Waals surface area contributed by atoms with Crippen LogP contribution >= 0.6 is 0 Å². The molecule has 0 saturated heterocycles. The smallest absolute Gasteiger partial charge is 0.357 e. The molecule has 0 radical (unpaired) electrons. The molecule has 0 unspecified atom stereocenters. The van der Waals surface area contributed by atoms with E-state index in [-0.39, 0.29) is 17.0 Å². The second-order valence-corrected chi connectivity index (χ2v) is 6.76. The molecule has 3 rings (SSSR count). The van der Waals surface area contributed by atoms with E-state index in [2.05, 4.69) is 0 Å². The van der Waals surface area contributed by atoms with Crippen molar-refractivity contribution < 1.29 is 14.3 Å². The summed E-state index contributed by atoms with van der Waals surface area (Å²) < 4.78 is 5.15. The summed E-state index contributed by atoms with van der Waals surface area (Å²) in [7, 11) is 0. The van der Waals surface area contributed by atoms with E-state index in [0.717, 1.165) is 16.8 Å². The Labute approximate surface area is 165 Å². The molecule has 3 aromatic rings. The molecule has 4 nitrogen and oxygen atoms in total. The zero-order chi connectivity index (χ0) is 19.8. The molecule has 0 heterocycles. The van der Waals surface area contributed by atoms with Crippen molar-refractivity contribution in [2.45, 2.75) is 20.0 Å². The van der Waals surface area contributed by atoms with Gasteiger partial charge in [0.15, 0.2) is 0 Å². The summed E-state index contributed by atoms with van der Waals surface area (Å²) in [6.45, 7) is 2.00. The van der Waals surface area contributed by atoms with E-state index in [1.165, 1.54) is 6.92 Å². The highest BCUT2D eigenvalue weighted by molar-refractivity contribution is 5.90. The quantitative estimate of drug-likeness (QED) is 0.452. The Morgan fingerprint density at radius 3 is 1.57 bits per heavy atom. The summed E-state index contributed by atoms with van der Waals surface area (Å²) in [4.78, 5) is 24.8. The molecule has 0 spiro atoms. The fourth-order valence-electron chi connectivity index (χ4n) is 3.35. The van der Waals surface area contributed by atoms with Gasteiger partial charge in [0.05, 0.1) is 0 Å². The Hall–Kier alpha value is -3.24. The number of hydrogen-bond donors (Lipinski definition) is 0. The van der Waals surface area contributed by atoms with Crippen molar-refractivity contribution in [2.24, 2.45) is 0 Å². The number of hydrogen-bond acceptors (Lipinski definition) is 3. The zero-order valence-corrected chi connectivity index (χ0v) is 16.0. The van der Waals surface area contributed by atoms with Crippen LogP contribution in [0.4, 0.5) is 5.69 Å². The SMILES string of the molecule is CC(=O)OCC(=O)[N+](Cc1ccccc1)(Cc1ccccc1)c1ccccc1. The molecule has 0 fully saturated rings. The predicted molar refractivity (Wildman–Crippen MR) is 110 cm³/mol. The van der Waals surface area contributed by atoms with Crippen LogP contribution in [0.1, 0.15) is 18.1 Å². The van der Waals surface area contributed by atoms with Crippen LogP contribution in [0.3, 0.4) is 0 Å². The normalized spacial score (nSPS) is 11.0. The molecule has 28 heavy (non-hydrogen) atoms. The molecule has 1 amide bonds. The molecule has 0 bridgehead atoms. The lowest BCUT2D eigenvalue weighted by Gasteiger charge is -2.35. The van der Waals surface area contributed by atoms with Gasteiger partial charge in [0, 0.05) is 18.1 Å². The standard InChI is InChI=1S/C24H24NO3/c1-20(26)28-19-24(27)25(23-15-9-4-10-16-23,17-21-11-5-2-6-12-21)18-22-13-7-3-8-14-22/h2-16H,17-19H2,1H3/q+1. The van der Waals surface area contributed by atoms with E-state index in [1.54, 1.807) is 0 Å². The predicted octanol–water partition coefficient (Wildman–Crippen LogP) is 4.48. The highest BCUT2D eigenvalue weighted by Crippen LogP contribution is 2.30. The molecule has 142 valence electrons. The van der Waals surface area contributed by atoms with Gasteiger partial charge in [-0.1, -0.05) is 78.9 Å². The molecule has 0 N–H and O–H groups in total. The second kappa shape index (κ2) is 9.11. The maximum Gasteiger partial charge on any atom is 0.357 e. The first kappa shape index (κ1) is 19.5. The lowest BCUT2D eigenvalue weighted by Crippen LogP contribution is -2.54. The third kappa shape index (κ3) is 4.72. The van der Waals surface area contributed by atoms with E-state index in [4.69, 9.17) is 4.74 Å². The Morgan fingerprint density at radius 2 is 1.14 bits per heavy atom. The van der Waals surface area contributed by atoms with Crippen LogP contribution in [-0.4, -0.2) is 18.5 Å². The van der Waals surface area contributed by atoms with Gasteiger partial charge in [-0.15, -0.1) is 0 Å². The van der Waals surface area contributed by atoms with Crippen molar-refractivity contribution in [1.82, 2.24) is 4.48 Å². The van der Waals surface area contributed by atoms with Crippen LogP contribution in [0.2, 0.25) is 0 Å². The zero-order valence-electron chi connectivity index (χ0n) is 16.0. The van der Waals surface area contributed by atoms with Crippen molar-refractivity contribution in [3.8, 4) is 0 Å².